The van der Waals surface area contributed by atoms with Crippen molar-refractivity contribution in [1.82, 2.24) is 19.7 Å². The molecule has 3 rings (SSSR count). The largest absolute Gasteiger partial charge is 0.395 e. The number of hydrogen-bond donors (Lipinski definition) is 2. The van der Waals surface area contributed by atoms with Gasteiger partial charge in [0.15, 0.2) is 5.82 Å². The zero-order valence-electron chi connectivity index (χ0n) is 13.2. The molecule has 0 spiro atoms. The molecule has 122 valence electrons. The van der Waals surface area contributed by atoms with Crippen molar-refractivity contribution in [2.45, 2.75) is 26.3 Å². The molecule has 0 fully saturated rings. The molecule has 7 heteroatoms. The standard InChI is InChI=1S/C16H21N5O2/c1-2-20(9-10-22)16(23)17-13-6-3-5-12(11-13)15-19-18-14-7-4-8-21(14)15/h3,5-6,11,22H,2,4,7-10H2,1H3,(H,17,23). The molecule has 0 saturated carbocycles. The monoisotopic (exact) mass is 315 g/mol. The van der Waals surface area contributed by atoms with Crippen molar-refractivity contribution >= 4 is 11.7 Å². The molecule has 23 heavy (non-hydrogen) atoms. The Hall–Kier alpha value is -2.41. The Labute approximate surface area is 134 Å². The van der Waals surface area contributed by atoms with Crippen LogP contribution in [-0.4, -0.2) is 50.5 Å². The Morgan fingerprint density at radius 3 is 3.09 bits per heavy atom. The lowest BCUT2D eigenvalue weighted by Gasteiger charge is -2.20. The predicted octanol–water partition coefficient (Wildman–Crippen LogP) is 1.74. The molecule has 2 aromatic rings. The van der Waals surface area contributed by atoms with Crippen LogP contribution in [0.15, 0.2) is 24.3 Å². The van der Waals surface area contributed by atoms with Crippen molar-refractivity contribution < 1.29 is 9.90 Å². The van der Waals surface area contributed by atoms with E-state index in [1.54, 1.807) is 4.90 Å². The number of anilines is 1. The highest BCUT2D eigenvalue weighted by molar-refractivity contribution is 5.90. The fourth-order valence-corrected chi connectivity index (χ4v) is 2.83. The maximum absolute atomic E-state index is 12.2. The molecule has 1 aliphatic heterocycles. The SMILES string of the molecule is CCN(CCO)C(=O)Nc1cccc(-c2nnc3n2CCC3)c1. The zero-order chi connectivity index (χ0) is 16.2. The van der Waals surface area contributed by atoms with E-state index in [0.717, 1.165) is 36.6 Å². The third-order valence-electron chi connectivity index (χ3n) is 4.02. The van der Waals surface area contributed by atoms with Gasteiger partial charge in [0.1, 0.15) is 5.82 Å². The summed E-state index contributed by atoms with van der Waals surface area (Å²) in [6, 6.07) is 7.39. The van der Waals surface area contributed by atoms with Crippen LogP contribution in [0.25, 0.3) is 11.4 Å². The average molecular weight is 315 g/mol. The van der Waals surface area contributed by atoms with E-state index in [-0.39, 0.29) is 12.6 Å². The number of carbonyl (C=O) groups excluding carboxylic acids is 1. The summed E-state index contributed by atoms with van der Waals surface area (Å²) in [5.41, 5.74) is 1.65. The lowest BCUT2D eigenvalue weighted by molar-refractivity contribution is 0.192. The smallest absolute Gasteiger partial charge is 0.321 e. The van der Waals surface area contributed by atoms with Crippen LogP contribution in [0.1, 0.15) is 19.2 Å². The van der Waals surface area contributed by atoms with Crippen molar-refractivity contribution in [2.75, 3.05) is 25.0 Å². The number of aliphatic hydroxyl groups excluding tert-OH is 1. The van der Waals surface area contributed by atoms with Gasteiger partial charge in [-0.2, -0.15) is 0 Å². The second-order valence-electron chi connectivity index (χ2n) is 5.51. The third-order valence-corrected chi connectivity index (χ3v) is 4.02. The number of fused-ring (bicyclic) bond motifs is 1. The van der Waals surface area contributed by atoms with E-state index in [1.165, 1.54) is 0 Å². The third kappa shape index (κ3) is 3.19. The number of urea groups is 1. The minimum absolute atomic E-state index is 0.0484. The number of aromatic nitrogens is 3. The lowest BCUT2D eigenvalue weighted by atomic mass is 10.2. The van der Waals surface area contributed by atoms with E-state index >= 15 is 0 Å². The number of aliphatic hydroxyl groups is 1. The topological polar surface area (TPSA) is 83.3 Å². The molecular formula is C16H21N5O2. The molecule has 0 bridgehead atoms. The van der Waals surface area contributed by atoms with Crippen LogP contribution in [0, 0.1) is 0 Å². The summed E-state index contributed by atoms with van der Waals surface area (Å²) in [6.07, 6.45) is 2.07. The van der Waals surface area contributed by atoms with Crippen LogP contribution in [0.3, 0.4) is 0 Å². The summed E-state index contributed by atoms with van der Waals surface area (Å²) in [7, 11) is 0. The second-order valence-corrected chi connectivity index (χ2v) is 5.51. The maximum Gasteiger partial charge on any atom is 0.321 e. The van der Waals surface area contributed by atoms with Gasteiger partial charge in [0.25, 0.3) is 0 Å². The highest BCUT2D eigenvalue weighted by atomic mass is 16.3. The molecule has 0 saturated heterocycles. The number of nitrogens with one attached hydrogen (secondary N) is 1. The fraction of sp³-hybridized carbons (Fsp3) is 0.438. The lowest BCUT2D eigenvalue weighted by Crippen LogP contribution is -2.36. The number of hydrogen-bond acceptors (Lipinski definition) is 4. The summed E-state index contributed by atoms with van der Waals surface area (Å²) in [4.78, 5) is 13.7. The molecule has 1 aliphatic rings. The Balaban J connectivity index is 1.79. The van der Waals surface area contributed by atoms with Gasteiger partial charge in [-0.15, -0.1) is 10.2 Å². The molecule has 2 heterocycles. The van der Waals surface area contributed by atoms with Crippen LogP contribution >= 0.6 is 0 Å². The minimum Gasteiger partial charge on any atom is -0.395 e. The van der Waals surface area contributed by atoms with Gasteiger partial charge in [0, 0.05) is 37.3 Å². The molecular weight excluding hydrogens is 294 g/mol. The van der Waals surface area contributed by atoms with Crippen LogP contribution < -0.4 is 5.32 Å². The minimum atomic E-state index is -0.217. The molecule has 1 aromatic carbocycles. The molecule has 0 atom stereocenters. The number of amides is 2. The molecule has 1 aromatic heterocycles. The molecule has 7 nitrogen and oxygen atoms in total. The van der Waals surface area contributed by atoms with E-state index in [9.17, 15) is 4.79 Å². The molecule has 2 amide bonds. The first-order chi connectivity index (χ1) is 11.2. The van der Waals surface area contributed by atoms with Crippen molar-refractivity contribution in [3.63, 3.8) is 0 Å². The summed E-state index contributed by atoms with van der Waals surface area (Å²) in [5.74, 6) is 1.87. The van der Waals surface area contributed by atoms with Gasteiger partial charge in [-0.25, -0.2) is 4.79 Å². The first-order valence-corrected chi connectivity index (χ1v) is 7.92. The average Bonchev–Trinajstić information content (AvgIpc) is 3.15. The second kappa shape index (κ2) is 6.78. The van der Waals surface area contributed by atoms with Gasteiger partial charge in [-0.3, -0.25) is 0 Å². The Morgan fingerprint density at radius 2 is 2.30 bits per heavy atom. The Kier molecular flexibility index (Phi) is 4.57. The first-order valence-electron chi connectivity index (χ1n) is 7.92. The number of nitrogens with zero attached hydrogens (tertiary/aromatic N) is 4. The molecule has 0 aliphatic carbocycles. The zero-order valence-corrected chi connectivity index (χ0v) is 13.2. The summed E-state index contributed by atoms with van der Waals surface area (Å²) in [6.45, 7) is 3.64. The van der Waals surface area contributed by atoms with E-state index in [4.69, 9.17) is 5.11 Å². The van der Waals surface area contributed by atoms with Crippen molar-refractivity contribution in [3.05, 3.63) is 30.1 Å². The van der Waals surface area contributed by atoms with Crippen molar-refractivity contribution in [3.8, 4) is 11.4 Å². The van der Waals surface area contributed by atoms with Crippen molar-refractivity contribution in [2.24, 2.45) is 0 Å². The van der Waals surface area contributed by atoms with Crippen LogP contribution in [0.5, 0.6) is 0 Å². The quantitative estimate of drug-likeness (QED) is 0.880. The van der Waals surface area contributed by atoms with Gasteiger partial charge >= 0.3 is 6.03 Å². The van der Waals surface area contributed by atoms with Crippen LogP contribution in [0.2, 0.25) is 0 Å². The van der Waals surface area contributed by atoms with Gasteiger partial charge in [0.2, 0.25) is 0 Å². The number of rotatable bonds is 5. The molecule has 2 N–H and O–H groups in total. The normalized spacial score (nSPS) is 13.0. The number of aryl methyl sites for hydroxylation is 1. The van der Waals surface area contributed by atoms with Crippen molar-refractivity contribution in [1.29, 1.82) is 0 Å². The summed E-state index contributed by atoms with van der Waals surface area (Å²) < 4.78 is 2.13. The predicted molar refractivity (Wildman–Crippen MR) is 87.1 cm³/mol. The fourth-order valence-electron chi connectivity index (χ4n) is 2.83. The highest BCUT2D eigenvalue weighted by Crippen LogP contribution is 2.25. The Bertz CT molecular complexity index is 698. The molecule has 0 radical (unpaired) electrons. The van der Waals surface area contributed by atoms with Gasteiger partial charge in [0.05, 0.1) is 6.61 Å². The van der Waals surface area contributed by atoms with E-state index in [0.29, 0.717) is 18.8 Å². The molecule has 0 unspecified atom stereocenters. The first kappa shape index (κ1) is 15.5. The highest BCUT2D eigenvalue weighted by Gasteiger charge is 2.19. The number of carbonyl (C=O) groups is 1. The van der Waals surface area contributed by atoms with Gasteiger partial charge < -0.3 is 19.9 Å². The van der Waals surface area contributed by atoms with Gasteiger partial charge in [-0.1, -0.05) is 12.1 Å². The van der Waals surface area contributed by atoms with Gasteiger partial charge in [-0.05, 0) is 25.5 Å². The number of benzene rings is 1. The van der Waals surface area contributed by atoms with E-state index in [2.05, 4.69) is 20.1 Å². The van der Waals surface area contributed by atoms with Crippen LogP contribution in [0.4, 0.5) is 10.5 Å². The number of likely N-dealkylation sites (N-methyl/N-ethyl adjacent to an activating group) is 1. The maximum atomic E-state index is 12.2. The summed E-state index contributed by atoms with van der Waals surface area (Å²) in [5, 5.41) is 20.4. The summed E-state index contributed by atoms with van der Waals surface area (Å²) >= 11 is 0. The Morgan fingerprint density at radius 1 is 1.43 bits per heavy atom. The van der Waals surface area contributed by atoms with E-state index in [1.807, 2.05) is 31.2 Å². The van der Waals surface area contributed by atoms with E-state index < -0.39 is 0 Å². The van der Waals surface area contributed by atoms with Crippen LogP contribution in [-0.2, 0) is 13.0 Å².